The molecule has 4 fully saturated rings. The third kappa shape index (κ3) is 5.92. The van der Waals surface area contributed by atoms with E-state index >= 15 is 0 Å². The fourth-order valence-corrected chi connectivity index (χ4v) is 9.58. The molecular weight excluding hydrogens is 444 g/mol. The van der Waals surface area contributed by atoms with Gasteiger partial charge in [0.25, 0.3) is 0 Å². The van der Waals surface area contributed by atoms with Gasteiger partial charge in [-0.2, -0.15) is 0 Å². The minimum absolute atomic E-state index is 0.170. The summed E-state index contributed by atoms with van der Waals surface area (Å²) in [6.07, 6.45) is 16.2. The molecule has 0 radical (unpaired) electrons. The van der Waals surface area contributed by atoms with Crippen LogP contribution < -0.4 is 17.0 Å². The summed E-state index contributed by atoms with van der Waals surface area (Å²) in [5.41, 5.74) is 9.79. The van der Waals surface area contributed by atoms with E-state index in [4.69, 9.17) is 16.7 Å². The normalized spacial score (nSPS) is 39.6. The van der Waals surface area contributed by atoms with Gasteiger partial charge in [0.05, 0.1) is 6.04 Å². The first-order valence-electron chi connectivity index (χ1n) is 15.3. The molecule has 0 aromatic carbocycles. The summed E-state index contributed by atoms with van der Waals surface area (Å²) in [4.78, 5) is 4.59. The zero-order valence-electron chi connectivity index (χ0n) is 25.4. The molecule has 212 valence electrons. The summed E-state index contributed by atoms with van der Waals surface area (Å²) in [5.74, 6) is 11.1. The first-order chi connectivity index (χ1) is 17.0. The van der Waals surface area contributed by atoms with Gasteiger partial charge in [0.2, 0.25) is 5.96 Å². The molecule has 4 aliphatic carbocycles. The maximum absolute atomic E-state index is 7.00. The largest absolute Gasteiger partial charge is 0.400 e. The molecule has 9 unspecified atom stereocenters. The molecule has 36 heavy (non-hydrogen) atoms. The van der Waals surface area contributed by atoms with Crippen LogP contribution in [0.25, 0.3) is 0 Å². The summed E-state index contributed by atoms with van der Waals surface area (Å²) in [6.45, 7) is 18.9. The zero-order chi connectivity index (χ0) is 27.3. The van der Waals surface area contributed by atoms with Crippen LogP contribution in [-0.2, 0) is 0 Å². The lowest BCUT2D eigenvalue weighted by Gasteiger charge is -2.61. The van der Waals surface area contributed by atoms with Gasteiger partial charge in [0, 0.05) is 7.11 Å². The number of hydrogen-bond acceptors (Lipinski definition) is 3. The Morgan fingerprint density at radius 2 is 1.58 bits per heavy atom. The summed E-state index contributed by atoms with van der Waals surface area (Å²) in [5, 5.41) is 7.00. The topological polar surface area (TPSA) is 96.7 Å². The van der Waals surface area contributed by atoms with Gasteiger partial charge in [-0.1, -0.05) is 61.3 Å². The molecule has 4 aliphatic rings. The minimum Gasteiger partial charge on any atom is -0.400 e. The van der Waals surface area contributed by atoms with Crippen molar-refractivity contribution in [3.05, 3.63) is 0 Å². The van der Waals surface area contributed by atoms with Gasteiger partial charge in [-0.05, 0) is 116 Å². The molecule has 4 rings (SSSR count). The standard InChI is InChI=1S/C28H52N4.C2H6.CH4O/c1-18(19(2)31-25(29)32-30)26(3,4)17-21-11-13-23-22-12-10-20-9-7-8-15-27(20,5)24(22)14-16-28(21,23)6;2*1-2/h18-24H,7-17,30H2,1-6H3,(H3,29,31,32);1-2H3;2H,1H3. The number of nitrogens with two attached hydrogens (primary N) is 2. The molecule has 6 N–H and O–H groups in total. The van der Waals surface area contributed by atoms with Gasteiger partial charge in [-0.15, -0.1) is 0 Å². The lowest BCUT2D eigenvalue weighted by Crippen LogP contribution is -2.53. The van der Waals surface area contributed by atoms with E-state index in [9.17, 15) is 0 Å². The van der Waals surface area contributed by atoms with E-state index in [1.807, 2.05) is 13.8 Å². The van der Waals surface area contributed by atoms with Crippen LogP contribution >= 0.6 is 0 Å². The van der Waals surface area contributed by atoms with E-state index in [0.717, 1.165) is 36.7 Å². The lowest BCUT2D eigenvalue weighted by atomic mass is 9.44. The Morgan fingerprint density at radius 1 is 0.944 bits per heavy atom. The highest BCUT2D eigenvalue weighted by molar-refractivity contribution is 5.77. The minimum atomic E-state index is 0.170. The van der Waals surface area contributed by atoms with Crippen LogP contribution in [-0.4, -0.2) is 24.2 Å². The van der Waals surface area contributed by atoms with Gasteiger partial charge < -0.3 is 10.8 Å². The van der Waals surface area contributed by atoms with Gasteiger partial charge >= 0.3 is 0 Å². The van der Waals surface area contributed by atoms with Crippen molar-refractivity contribution in [2.75, 3.05) is 7.11 Å². The van der Waals surface area contributed by atoms with Crippen molar-refractivity contribution in [2.24, 2.45) is 68.3 Å². The van der Waals surface area contributed by atoms with Crippen LogP contribution in [0.3, 0.4) is 0 Å². The van der Waals surface area contributed by atoms with E-state index in [0.29, 0.717) is 22.7 Å². The number of fused-ring (bicyclic) bond motifs is 5. The lowest BCUT2D eigenvalue weighted by molar-refractivity contribution is -0.113. The molecule has 0 aromatic heterocycles. The summed E-state index contributed by atoms with van der Waals surface area (Å²) < 4.78 is 0. The highest BCUT2D eigenvalue weighted by Crippen LogP contribution is 2.68. The zero-order valence-corrected chi connectivity index (χ0v) is 25.4. The Bertz CT molecular complexity index is 709. The van der Waals surface area contributed by atoms with Crippen molar-refractivity contribution in [3.8, 4) is 0 Å². The highest BCUT2D eigenvalue weighted by Gasteiger charge is 2.60. The predicted octanol–water partition coefficient (Wildman–Crippen LogP) is 6.89. The Kier molecular flexibility index (Phi) is 11.2. The second-order valence-corrected chi connectivity index (χ2v) is 13.6. The highest BCUT2D eigenvalue weighted by atomic mass is 16.2. The number of guanidine groups is 1. The summed E-state index contributed by atoms with van der Waals surface area (Å²) in [6, 6.07) is 0.170. The first kappa shape index (κ1) is 31.4. The number of hydrogen-bond donors (Lipinski definition) is 4. The molecule has 0 aliphatic heterocycles. The number of aliphatic hydroxyl groups excluding tert-OH is 1. The molecule has 5 heteroatoms. The Labute approximate surface area is 224 Å². The first-order valence-corrected chi connectivity index (χ1v) is 15.3. The average molecular weight is 507 g/mol. The molecule has 0 heterocycles. The Morgan fingerprint density at radius 3 is 2.22 bits per heavy atom. The van der Waals surface area contributed by atoms with Crippen LogP contribution in [0.2, 0.25) is 0 Å². The molecule has 5 nitrogen and oxygen atoms in total. The van der Waals surface area contributed by atoms with Crippen molar-refractivity contribution in [1.29, 1.82) is 0 Å². The maximum Gasteiger partial charge on any atom is 0.203 e. The molecule has 0 amide bonds. The monoisotopic (exact) mass is 506 g/mol. The third-order valence-electron chi connectivity index (χ3n) is 12.0. The number of aliphatic hydroxyl groups is 1. The van der Waals surface area contributed by atoms with E-state index in [1.54, 1.807) is 0 Å². The fourth-order valence-electron chi connectivity index (χ4n) is 9.58. The quantitative estimate of drug-likeness (QED) is 0.141. The average Bonchev–Trinajstić information content (AvgIpc) is 3.20. The van der Waals surface area contributed by atoms with Crippen LogP contribution in [0.4, 0.5) is 0 Å². The van der Waals surface area contributed by atoms with E-state index in [2.05, 4.69) is 52.0 Å². The number of nitrogens with zero attached hydrogens (tertiary/aromatic N) is 1. The number of hydrazine groups is 1. The second kappa shape index (κ2) is 12.8. The van der Waals surface area contributed by atoms with Gasteiger partial charge in [-0.3, -0.25) is 5.43 Å². The molecular formula is C31H62N4O. The van der Waals surface area contributed by atoms with E-state index < -0.39 is 0 Å². The molecule has 0 saturated heterocycles. The summed E-state index contributed by atoms with van der Waals surface area (Å²) in [7, 11) is 1.00. The molecule has 0 spiro atoms. The third-order valence-corrected chi connectivity index (χ3v) is 12.0. The SMILES string of the molecule is CC.CC(N=C(N)NN)C(C)C(C)(C)CC1CCC2C3CCC4CCCCC4(C)C3CCC12C.CO. The molecule has 0 bridgehead atoms. The van der Waals surface area contributed by atoms with Crippen LogP contribution in [0.1, 0.15) is 126 Å². The Hall–Kier alpha value is -0.810. The molecule has 9 atom stereocenters. The fraction of sp³-hybridized carbons (Fsp3) is 0.968. The van der Waals surface area contributed by atoms with Gasteiger partial charge in [0.1, 0.15) is 0 Å². The van der Waals surface area contributed by atoms with Crippen LogP contribution in [0.5, 0.6) is 0 Å². The van der Waals surface area contributed by atoms with Crippen molar-refractivity contribution < 1.29 is 5.11 Å². The molecule has 4 saturated carbocycles. The summed E-state index contributed by atoms with van der Waals surface area (Å²) >= 11 is 0. The smallest absolute Gasteiger partial charge is 0.203 e. The number of rotatable bonds is 5. The van der Waals surface area contributed by atoms with Crippen molar-refractivity contribution >= 4 is 5.96 Å². The number of nitrogens with one attached hydrogen (secondary N) is 1. The van der Waals surface area contributed by atoms with E-state index in [1.165, 1.54) is 70.6 Å². The van der Waals surface area contributed by atoms with Crippen molar-refractivity contribution in [1.82, 2.24) is 5.43 Å². The second-order valence-electron chi connectivity index (χ2n) is 13.6. The molecule has 0 aromatic rings. The van der Waals surface area contributed by atoms with Gasteiger partial charge in [0.15, 0.2) is 0 Å². The van der Waals surface area contributed by atoms with Crippen molar-refractivity contribution in [2.45, 2.75) is 132 Å². The maximum atomic E-state index is 7.00. The van der Waals surface area contributed by atoms with Gasteiger partial charge in [-0.25, -0.2) is 10.8 Å². The van der Waals surface area contributed by atoms with Crippen LogP contribution in [0, 0.1) is 51.8 Å². The van der Waals surface area contributed by atoms with Crippen LogP contribution in [0.15, 0.2) is 4.99 Å². The number of aliphatic imine (C=N–C) groups is 1. The Balaban J connectivity index is 0.00000109. The van der Waals surface area contributed by atoms with Crippen molar-refractivity contribution in [3.63, 3.8) is 0 Å². The predicted molar refractivity (Wildman–Crippen MR) is 155 cm³/mol. The van der Waals surface area contributed by atoms with E-state index in [-0.39, 0.29) is 11.5 Å².